The van der Waals surface area contributed by atoms with Gasteiger partial charge in [-0.15, -0.1) is 0 Å². The molecule has 2 fully saturated rings. The Morgan fingerprint density at radius 2 is 2.18 bits per heavy atom. The summed E-state index contributed by atoms with van der Waals surface area (Å²) in [7, 11) is 4.31. The summed E-state index contributed by atoms with van der Waals surface area (Å²) < 4.78 is 5.52. The van der Waals surface area contributed by atoms with Crippen molar-refractivity contribution in [1.29, 1.82) is 0 Å². The van der Waals surface area contributed by atoms with Crippen LogP contribution in [-0.4, -0.2) is 67.4 Å². The molecule has 6 heteroatoms. The maximum Gasteiger partial charge on any atom is 0.134 e. The van der Waals surface area contributed by atoms with Crippen molar-refractivity contribution in [2.45, 2.75) is 37.8 Å². The largest absolute Gasteiger partial charge is 0.379 e. The maximum absolute atomic E-state index is 5.52. The second kappa shape index (κ2) is 7.24. The first-order valence-electron chi connectivity index (χ1n) is 8.30. The van der Waals surface area contributed by atoms with Crippen molar-refractivity contribution in [2.75, 3.05) is 50.6 Å². The van der Waals surface area contributed by atoms with Crippen molar-refractivity contribution < 1.29 is 4.74 Å². The Balaban J connectivity index is 1.65. The molecule has 0 aliphatic carbocycles. The van der Waals surface area contributed by atoms with Gasteiger partial charge in [0.15, 0.2) is 0 Å². The molecule has 3 rings (SSSR count). The minimum atomic E-state index is 0.368. The zero-order valence-electron chi connectivity index (χ0n) is 13.7. The minimum Gasteiger partial charge on any atom is -0.379 e. The maximum atomic E-state index is 5.52. The Kier molecular flexibility index (Phi) is 5.10. The number of nitrogens with zero attached hydrogens (tertiary/aromatic N) is 4. The van der Waals surface area contributed by atoms with E-state index in [-0.39, 0.29) is 0 Å². The molecular formula is C16H27N5O. The number of aromatic nitrogens is 2. The normalized spacial score (nSPS) is 26.2. The first-order chi connectivity index (χ1) is 10.7. The van der Waals surface area contributed by atoms with Crippen LogP contribution in [0.15, 0.2) is 12.4 Å². The number of piperidine rings is 1. The van der Waals surface area contributed by atoms with E-state index in [9.17, 15) is 0 Å². The molecule has 0 unspecified atom stereocenters. The van der Waals surface area contributed by atoms with E-state index in [4.69, 9.17) is 4.74 Å². The zero-order valence-corrected chi connectivity index (χ0v) is 13.7. The summed E-state index contributed by atoms with van der Waals surface area (Å²) >= 11 is 0. The smallest absolute Gasteiger partial charge is 0.134 e. The molecule has 0 aromatic carbocycles. The molecular weight excluding hydrogens is 278 g/mol. The highest BCUT2D eigenvalue weighted by Gasteiger charge is 2.23. The highest BCUT2D eigenvalue weighted by molar-refractivity contribution is 5.49. The van der Waals surface area contributed by atoms with Crippen LogP contribution in [0.1, 0.15) is 25.7 Å². The molecule has 6 nitrogen and oxygen atoms in total. The molecule has 0 amide bonds. The monoisotopic (exact) mass is 305 g/mol. The molecule has 22 heavy (non-hydrogen) atoms. The number of hydrogen-bond donors (Lipinski definition) is 1. The van der Waals surface area contributed by atoms with Crippen molar-refractivity contribution >= 4 is 11.6 Å². The molecule has 0 saturated carbocycles. The molecule has 2 saturated heterocycles. The van der Waals surface area contributed by atoms with Crippen LogP contribution >= 0.6 is 0 Å². The third-order valence-corrected chi connectivity index (χ3v) is 4.62. The number of hydrogen-bond acceptors (Lipinski definition) is 6. The van der Waals surface area contributed by atoms with Crippen molar-refractivity contribution in [1.82, 2.24) is 14.9 Å². The summed E-state index contributed by atoms with van der Waals surface area (Å²) in [4.78, 5) is 13.5. The first-order valence-corrected chi connectivity index (χ1v) is 8.30. The lowest BCUT2D eigenvalue weighted by Gasteiger charge is -2.36. The van der Waals surface area contributed by atoms with E-state index in [0.29, 0.717) is 12.1 Å². The van der Waals surface area contributed by atoms with Gasteiger partial charge in [0, 0.05) is 31.8 Å². The van der Waals surface area contributed by atoms with Gasteiger partial charge in [0.25, 0.3) is 0 Å². The second-order valence-electron chi connectivity index (χ2n) is 6.53. The Morgan fingerprint density at radius 1 is 1.27 bits per heavy atom. The van der Waals surface area contributed by atoms with E-state index < -0.39 is 0 Å². The van der Waals surface area contributed by atoms with Crippen LogP contribution in [0.25, 0.3) is 0 Å². The average Bonchev–Trinajstić information content (AvgIpc) is 2.56. The fourth-order valence-corrected chi connectivity index (χ4v) is 3.25. The molecule has 2 aliphatic heterocycles. The summed E-state index contributed by atoms with van der Waals surface area (Å²) in [6.45, 7) is 3.77. The van der Waals surface area contributed by atoms with Crippen molar-refractivity contribution in [2.24, 2.45) is 0 Å². The summed E-state index contributed by atoms with van der Waals surface area (Å²) in [6, 6.07) is 3.05. The molecule has 0 spiro atoms. The molecule has 0 bridgehead atoms. The van der Waals surface area contributed by atoms with E-state index in [2.05, 4.69) is 45.2 Å². The number of ether oxygens (including phenoxy) is 1. The van der Waals surface area contributed by atoms with Crippen LogP contribution in [-0.2, 0) is 4.74 Å². The van der Waals surface area contributed by atoms with Gasteiger partial charge in [-0.05, 0) is 39.8 Å². The Bertz CT molecular complexity index is 475. The molecule has 1 aromatic heterocycles. The quantitative estimate of drug-likeness (QED) is 0.912. The van der Waals surface area contributed by atoms with Crippen LogP contribution in [0.5, 0.6) is 0 Å². The van der Waals surface area contributed by atoms with Gasteiger partial charge in [0.1, 0.15) is 18.0 Å². The van der Waals surface area contributed by atoms with Crippen molar-refractivity contribution in [3.63, 3.8) is 0 Å². The lowest BCUT2D eigenvalue weighted by atomic mass is 10.1. The second-order valence-corrected chi connectivity index (χ2v) is 6.53. The van der Waals surface area contributed by atoms with Gasteiger partial charge in [-0.3, -0.25) is 0 Å². The summed E-state index contributed by atoms with van der Waals surface area (Å²) in [5.74, 6) is 1.94. The standard InChI is InChI=1S/C16H27N5O/c1-20(2)14-6-3-7-21(10-14)16-9-15(17-12-18-16)19-13-5-4-8-22-11-13/h9,12-14H,3-8,10-11H2,1-2H3,(H,17,18,19)/t13-,14+/m0/s1. The summed E-state index contributed by atoms with van der Waals surface area (Å²) in [5, 5.41) is 3.48. The van der Waals surface area contributed by atoms with Crippen LogP contribution < -0.4 is 10.2 Å². The highest BCUT2D eigenvalue weighted by atomic mass is 16.5. The van der Waals surface area contributed by atoms with Crippen molar-refractivity contribution in [3.05, 3.63) is 12.4 Å². The number of anilines is 2. The first kappa shape index (κ1) is 15.5. The number of rotatable bonds is 4. The third-order valence-electron chi connectivity index (χ3n) is 4.62. The lowest BCUT2D eigenvalue weighted by molar-refractivity contribution is 0.0875. The predicted molar refractivity (Wildman–Crippen MR) is 88.4 cm³/mol. The van der Waals surface area contributed by atoms with E-state index in [0.717, 1.165) is 50.8 Å². The Hall–Kier alpha value is -1.40. The highest BCUT2D eigenvalue weighted by Crippen LogP contribution is 2.22. The van der Waals surface area contributed by atoms with Crippen LogP contribution in [0.4, 0.5) is 11.6 Å². The molecule has 3 heterocycles. The van der Waals surface area contributed by atoms with Gasteiger partial charge < -0.3 is 19.9 Å². The van der Waals surface area contributed by atoms with Crippen LogP contribution in [0, 0.1) is 0 Å². The van der Waals surface area contributed by atoms with E-state index in [1.165, 1.54) is 12.8 Å². The Morgan fingerprint density at radius 3 is 2.95 bits per heavy atom. The molecule has 2 aliphatic rings. The van der Waals surface area contributed by atoms with Gasteiger partial charge in [-0.25, -0.2) is 9.97 Å². The van der Waals surface area contributed by atoms with Gasteiger partial charge in [0.05, 0.1) is 12.6 Å². The average molecular weight is 305 g/mol. The van der Waals surface area contributed by atoms with Crippen molar-refractivity contribution in [3.8, 4) is 0 Å². The molecule has 2 atom stereocenters. The molecule has 0 radical (unpaired) electrons. The van der Waals surface area contributed by atoms with Gasteiger partial charge in [0.2, 0.25) is 0 Å². The summed E-state index contributed by atoms with van der Waals surface area (Å²) in [5.41, 5.74) is 0. The number of likely N-dealkylation sites (N-methyl/N-ethyl adjacent to an activating group) is 1. The Labute approximate surface area is 132 Å². The van der Waals surface area contributed by atoms with Gasteiger partial charge >= 0.3 is 0 Å². The fourth-order valence-electron chi connectivity index (χ4n) is 3.25. The lowest BCUT2D eigenvalue weighted by Crippen LogP contribution is -2.45. The predicted octanol–water partition coefficient (Wildman–Crippen LogP) is 1.60. The third kappa shape index (κ3) is 3.87. The number of nitrogens with one attached hydrogen (secondary N) is 1. The van der Waals surface area contributed by atoms with E-state index in [1.807, 2.05) is 0 Å². The molecule has 122 valence electrons. The fraction of sp³-hybridized carbons (Fsp3) is 0.750. The van der Waals surface area contributed by atoms with Gasteiger partial charge in [-0.1, -0.05) is 0 Å². The van der Waals surface area contributed by atoms with Crippen LogP contribution in [0.2, 0.25) is 0 Å². The molecule has 1 aromatic rings. The minimum absolute atomic E-state index is 0.368. The van der Waals surface area contributed by atoms with E-state index >= 15 is 0 Å². The van der Waals surface area contributed by atoms with E-state index in [1.54, 1.807) is 6.33 Å². The van der Waals surface area contributed by atoms with Crippen LogP contribution in [0.3, 0.4) is 0 Å². The van der Waals surface area contributed by atoms with Gasteiger partial charge in [-0.2, -0.15) is 0 Å². The topological polar surface area (TPSA) is 53.5 Å². The molecule has 1 N–H and O–H groups in total. The zero-order chi connectivity index (χ0) is 15.4. The summed E-state index contributed by atoms with van der Waals surface area (Å²) in [6.07, 6.45) is 6.41. The SMILES string of the molecule is CN(C)[C@@H]1CCCN(c2cc(N[C@H]3CCCOC3)ncn2)C1.